The van der Waals surface area contributed by atoms with Crippen LogP contribution < -0.4 is 19.9 Å². The number of aryl methyl sites for hydroxylation is 1. The summed E-state index contributed by atoms with van der Waals surface area (Å²) in [6.45, 7) is 4.67. The van der Waals surface area contributed by atoms with Gasteiger partial charge in [-0.3, -0.25) is 5.10 Å². The Morgan fingerprint density at radius 1 is 1.25 bits per heavy atom. The van der Waals surface area contributed by atoms with Crippen LogP contribution in [0, 0.1) is 5.92 Å². The first-order valence-corrected chi connectivity index (χ1v) is 13.8. The largest absolute Gasteiger partial charge is 0.454 e. The average Bonchev–Trinajstić information content (AvgIpc) is 3.56. The van der Waals surface area contributed by atoms with Gasteiger partial charge in [-0.2, -0.15) is 5.10 Å². The fourth-order valence-corrected chi connectivity index (χ4v) is 6.42. The van der Waals surface area contributed by atoms with E-state index in [1.807, 2.05) is 36.6 Å². The number of nitrogens with one attached hydrogen (secondary N) is 2. The number of H-pyrrole nitrogens is 1. The highest BCUT2D eigenvalue weighted by molar-refractivity contribution is 7.99. The third kappa shape index (κ3) is 5.10. The molecular weight excluding hydrogens is 504 g/mol. The number of sulfonamides is 1. The zero-order valence-electron chi connectivity index (χ0n) is 19.8. The molecule has 0 aliphatic carbocycles. The number of nitrogen functional groups attached to an aromatic ring is 1. The molecule has 0 saturated heterocycles. The molecule has 1 aromatic carbocycles. The van der Waals surface area contributed by atoms with Crippen molar-refractivity contribution >= 4 is 38.8 Å². The number of imidazole rings is 1. The number of ether oxygens (including phenoxy) is 2. The summed E-state index contributed by atoms with van der Waals surface area (Å²) in [5.41, 5.74) is 8.86. The van der Waals surface area contributed by atoms with Crippen molar-refractivity contribution in [3.8, 4) is 22.8 Å². The minimum atomic E-state index is -3.33. The molecule has 0 saturated carbocycles. The number of anilines is 1. The third-order valence-corrected chi connectivity index (χ3v) is 8.23. The minimum Gasteiger partial charge on any atom is -0.454 e. The van der Waals surface area contributed by atoms with Crippen molar-refractivity contribution in [2.45, 2.75) is 36.9 Å². The predicted octanol–water partition coefficient (Wildman–Crippen LogP) is 2.64. The molecule has 190 valence electrons. The first-order valence-electron chi connectivity index (χ1n) is 11.4. The summed E-state index contributed by atoms with van der Waals surface area (Å²) >= 11 is 1.42. The monoisotopic (exact) mass is 530 g/mol. The quantitative estimate of drug-likeness (QED) is 0.260. The van der Waals surface area contributed by atoms with Crippen LogP contribution in [0.4, 0.5) is 5.82 Å². The summed E-state index contributed by atoms with van der Waals surface area (Å²) in [5.74, 6) is 1.71. The SMILES string of the molecule is CC(C)CS(=O)(=O)NCCCn1c(Sc2cc3c(cc2-c2ccn[nH]2)OCO3)nc2c(N)ncnc21. The molecule has 36 heavy (non-hydrogen) atoms. The van der Waals surface area contributed by atoms with E-state index in [4.69, 9.17) is 20.2 Å². The first kappa shape index (κ1) is 24.3. The van der Waals surface area contributed by atoms with E-state index in [0.717, 1.165) is 16.2 Å². The van der Waals surface area contributed by atoms with Crippen molar-refractivity contribution in [3.05, 3.63) is 30.7 Å². The molecule has 0 atom stereocenters. The highest BCUT2D eigenvalue weighted by Crippen LogP contribution is 2.44. The first-order chi connectivity index (χ1) is 17.3. The van der Waals surface area contributed by atoms with Gasteiger partial charge in [-0.1, -0.05) is 25.6 Å². The van der Waals surface area contributed by atoms with Gasteiger partial charge < -0.3 is 19.8 Å². The van der Waals surface area contributed by atoms with E-state index in [0.29, 0.717) is 47.3 Å². The normalized spacial score (nSPS) is 13.2. The third-order valence-electron chi connectivity index (χ3n) is 5.43. The van der Waals surface area contributed by atoms with Gasteiger partial charge in [-0.15, -0.1) is 0 Å². The molecule has 4 N–H and O–H groups in total. The highest BCUT2D eigenvalue weighted by atomic mass is 32.2. The Kier molecular flexibility index (Phi) is 6.73. The molecule has 0 unspecified atom stereocenters. The van der Waals surface area contributed by atoms with Crippen LogP contribution in [0.1, 0.15) is 20.3 Å². The number of nitrogens with two attached hydrogens (primary N) is 1. The van der Waals surface area contributed by atoms with Gasteiger partial charge in [-0.05, 0) is 30.5 Å². The zero-order valence-corrected chi connectivity index (χ0v) is 21.4. The number of aromatic amines is 1. The molecule has 3 aromatic heterocycles. The Morgan fingerprint density at radius 3 is 2.81 bits per heavy atom. The Labute approximate surface area is 212 Å². The summed E-state index contributed by atoms with van der Waals surface area (Å²) in [7, 11) is -3.33. The molecule has 0 spiro atoms. The Hall–Kier alpha value is -3.36. The van der Waals surface area contributed by atoms with Crippen molar-refractivity contribution in [1.82, 2.24) is 34.4 Å². The second kappa shape index (κ2) is 9.95. The molecule has 1 aliphatic rings. The highest BCUT2D eigenvalue weighted by Gasteiger charge is 2.23. The number of hydrogen-bond donors (Lipinski definition) is 3. The van der Waals surface area contributed by atoms with E-state index in [1.54, 1.807) is 6.20 Å². The number of fused-ring (bicyclic) bond motifs is 2. The fourth-order valence-electron chi connectivity index (χ4n) is 3.90. The van der Waals surface area contributed by atoms with E-state index in [9.17, 15) is 8.42 Å². The Morgan fingerprint density at radius 2 is 2.06 bits per heavy atom. The molecule has 0 amide bonds. The maximum Gasteiger partial charge on any atom is 0.231 e. The maximum absolute atomic E-state index is 12.2. The number of rotatable bonds is 10. The summed E-state index contributed by atoms with van der Waals surface area (Å²) < 4.78 is 40.2. The van der Waals surface area contributed by atoms with Crippen LogP contribution in [0.15, 0.2) is 40.8 Å². The van der Waals surface area contributed by atoms with Gasteiger partial charge in [0, 0.05) is 29.7 Å². The maximum atomic E-state index is 12.2. The van der Waals surface area contributed by atoms with Crippen LogP contribution in [0.25, 0.3) is 22.4 Å². The lowest BCUT2D eigenvalue weighted by Gasteiger charge is -2.12. The van der Waals surface area contributed by atoms with Crippen molar-refractivity contribution < 1.29 is 17.9 Å². The summed E-state index contributed by atoms with van der Waals surface area (Å²) in [6, 6.07) is 5.68. The summed E-state index contributed by atoms with van der Waals surface area (Å²) in [4.78, 5) is 14.1. The molecule has 0 fully saturated rings. The van der Waals surface area contributed by atoms with Gasteiger partial charge >= 0.3 is 0 Å². The number of aromatic nitrogens is 6. The van der Waals surface area contributed by atoms with Gasteiger partial charge in [0.25, 0.3) is 0 Å². The second-order valence-corrected chi connectivity index (χ2v) is 11.5. The van der Waals surface area contributed by atoms with Gasteiger partial charge in [0.2, 0.25) is 16.8 Å². The summed E-state index contributed by atoms with van der Waals surface area (Å²) in [5, 5.41) is 7.71. The lowest BCUT2D eigenvalue weighted by atomic mass is 10.1. The number of hydrogen-bond acceptors (Lipinski definition) is 10. The second-order valence-electron chi connectivity index (χ2n) is 8.67. The number of nitrogens with zero attached hydrogens (tertiary/aromatic N) is 5. The van der Waals surface area contributed by atoms with Gasteiger partial charge in [0.1, 0.15) is 6.33 Å². The van der Waals surface area contributed by atoms with E-state index >= 15 is 0 Å². The Balaban J connectivity index is 1.45. The average molecular weight is 531 g/mol. The summed E-state index contributed by atoms with van der Waals surface area (Å²) in [6.07, 6.45) is 3.61. The molecule has 14 heteroatoms. The molecule has 12 nitrogen and oxygen atoms in total. The van der Waals surface area contributed by atoms with Crippen LogP contribution in [0.3, 0.4) is 0 Å². The van der Waals surface area contributed by atoms with E-state index < -0.39 is 10.0 Å². The molecule has 5 rings (SSSR count). The fraction of sp³-hybridized carbons (Fsp3) is 0.364. The van der Waals surface area contributed by atoms with Crippen LogP contribution in [0.2, 0.25) is 0 Å². The Bertz CT molecular complexity index is 1490. The standard InChI is InChI=1S/C22H26N8O4S2/c1-13(2)10-36(31,32)27-5-3-7-30-21-19(20(23)24-11-25-21)28-22(30)35-18-9-17-16(33-12-34-17)8-14(18)15-4-6-26-29-15/h4,6,8-9,11,13,27H,3,5,7,10,12H2,1-2H3,(H,26,29)(H2,23,24,25). The van der Waals surface area contributed by atoms with E-state index in [-0.39, 0.29) is 24.3 Å². The number of benzene rings is 1. The van der Waals surface area contributed by atoms with Crippen molar-refractivity contribution in [2.75, 3.05) is 24.8 Å². The van der Waals surface area contributed by atoms with Crippen molar-refractivity contribution in [2.24, 2.45) is 5.92 Å². The van der Waals surface area contributed by atoms with Crippen molar-refractivity contribution in [3.63, 3.8) is 0 Å². The van der Waals surface area contributed by atoms with Gasteiger partial charge in [0.15, 0.2) is 33.6 Å². The molecular formula is C22H26N8O4S2. The van der Waals surface area contributed by atoms with Gasteiger partial charge in [-0.25, -0.2) is 28.1 Å². The zero-order chi connectivity index (χ0) is 25.3. The van der Waals surface area contributed by atoms with Gasteiger partial charge in [0.05, 0.1) is 11.4 Å². The van der Waals surface area contributed by atoms with Crippen LogP contribution in [-0.4, -0.2) is 57.2 Å². The molecule has 4 aromatic rings. The van der Waals surface area contributed by atoms with Crippen LogP contribution in [-0.2, 0) is 16.6 Å². The molecule has 0 radical (unpaired) electrons. The van der Waals surface area contributed by atoms with E-state index in [1.165, 1.54) is 18.1 Å². The predicted molar refractivity (Wildman–Crippen MR) is 135 cm³/mol. The molecule has 0 bridgehead atoms. The topological polar surface area (TPSA) is 163 Å². The molecule has 1 aliphatic heterocycles. The molecule has 4 heterocycles. The minimum absolute atomic E-state index is 0.0496. The smallest absolute Gasteiger partial charge is 0.231 e. The van der Waals surface area contributed by atoms with Crippen molar-refractivity contribution in [1.29, 1.82) is 0 Å². The lowest BCUT2D eigenvalue weighted by Crippen LogP contribution is -2.29. The lowest BCUT2D eigenvalue weighted by molar-refractivity contribution is 0.174. The van der Waals surface area contributed by atoms with E-state index in [2.05, 4.69) is 24.9 Å². The van der Waals surface area contributed by atoms with Crippen LogP contribution >= 0.6 is 11.8 Å². The van der Waals surface area contributed by atoms with Crippen LogP contribution in [0.5, 0.6) is 11.5 Å².